The summed E-state index contributed by atoms with van der Waals surface area (Å²) >= 11 is 0. The van der Waals surface area contributed by atoms with Crippen molar-refractivity contribution in [3.8, 4) is 0 Å². The summed E-state index contributed by atoms with van der Waals surface area (Å²) in [6.45, 7) is 0.711. The molecular weight excluding hydrogens is 262 g/mol. The molecule has 0 saturated heterocycles. The smallest absolute Gasteiger partial charge is 0.237 e. The van der Waals surface area contributed by atoms with Crippen molar-refractivity contribution >= 4 is 21.6 Å². The third kappa shape index (κ3) is 7.85. The number of rotatable bonds is 8. The fourth-order valence-electron chi connectivity index (χ4n) is 1.18. The summed E-state index contributed by atoms with van der Waals surface area (Å²) in [5, 5.41) is 11.2. The molecule has 0 bridgehead atoms. The monoisotopic (exact) mass is 281 g/mol. The zero-order valence-electron chi connectivity index (χ0n) is 10.5. The van der Waals surface area contributed by atoms with E-state index >= 15 is 0 Å². The van der Waals surface area contributed by atoms with Crippen LogP contribution in [0.15, 0.2) is 5.16 Å². The van der Waals surface area contributed by atoms with Gasteiger partial charge in [-0.3, -0.25) is 4.79 Å². The van der Waals surface area contributed by atoms with E-state index in [1.807, 2.05) is 0 Å². The van der Waals surface area contributed by atoms with Gasteiger partial charge in [0.05, 0.1) is 6.61 Å². The lowest BCUT2D eigenvalue weighted by atomic mass is 10.3. The fraction of sp³-hybridized carbons (Fsp3) is 0.778. The zero-order valence-corrected chi connectivity index (χ0v) is 11.3. The molecule has 0 aromatic rings. The first kappa shape index (κ1) is 16.6. The van der Waals surface area contributed by atoms with Crippen LogP contribution in [0.2, 0.25) is 0 Å². The van der Waals surface area contributed by atoms with Gasteiger partial charge in [0.15, 0.2) is 9.84 Å². The minimum Gasteiger partial charge on any atom is -0.409 e. The summed E-state index contributed by atoms with van der Waals surface area (Å²) in [7, 11) is -1.91. The van der Waals surface area contributed by atoms with Crippen molar-refractivity contribution < 1.29 is 23.2 Å². The van der Waals surface area contributed by atoms with Crippen LogP contribution in [-0.4, -0.2) is 69.1 Å². The largest absolute Gasteiger partial charge is 0.409 e. The topological polar surface area (TPSA) is 122 Å². The Labute approximate surface area is 106 Å². The standard InChI is InChI=1S/C9H19N3O5S/c1-17-6-5-12(4-3-8(10)11-14)9(13)7-18(2,15)16/h14H,3-7H2,1-2H3,(H2,10,11). The van der Waals surface area contributed by atoms with Gasteiger partial charge in [-0.05, 0) is 0 Å². The number of ether oxygens (including phenoxy) is 1. The normalized spacial score (nSPS) is 12.4. The van der Waals surface area contributed by atoms with Crippen LogP contribution in [-0.2, 0) is 19.4 Å². The van der Waals surface area contributed by atoms with E-state index in [4.69, 9.17) is 15.7 Å². The summed E-state index contributed by atoms with van der Waals surface area (Å²) in [6, 6.07) is 0. The number of nitrogens with zero attached hydrogens (tertiary/aromatic N) is 2. The molecule has 0 aromatic carbocycles. The number of hydrogen-bond donors (Lipinski definition) is 2. The van der Waals surface area contributed by atoms with Crippen molar-refractivity contribution in [1.29, 1.82) is 0 Å². The Morgan fingerprint density at radius 2 is 2.06 bits per heavy atom. The summed E-state index contributed by atoms with van der Waals surface area (Å²) in [5.41, 5.74) is 5.29. The first-order valence-corrected chi connectivity index (χ1v) is 7.27. The van der Waals surface area contributed by atoms with E-state index in [1.54, 1.807) is 0 Å². The number of oxime groups is 1. The Morgan fingerprint density at radius 1 is 1.44 bits per heavy atom. The van der Waals surface area contributed by atoms with E-state index < -0.39 is 21.5 Å². The predicted octanol–water partition coefficient (Wildman–Crippen LogP) is -1.36. The summed E-state index contributed by atoms with van der Waals surface area (Å²) in [4.78, 5) is 13.0. The maximum atomic E-state index is 11.7. The molecule has 9 heteroatoms. The Hall–Kier alpha value is -1.35. The van der Waals surface area contributed by atoms with Gasteiger partial charge >= 0.3 is 0 Å². The van der Waals surface area contributed by atoms with Crippen molar-refractivity contribution in [2.75, 3.05) is 38.8 Å². The number of methoxy groups -OCH3 is 1. The first-order chi connectivity index (χ1) is 8.30. The molecule has 0 spiro atoms. The summed E-state index contributed by atoms with van der Waals surface area (Å²) in [6.07, 6.45) is 1.15. The van der Waals surface area contributed by atoms with Gasteiger partial charge in [-0.15, -0.1) is 0 Å². The lowest BCUT2D eigenvalue weighted by Gasteiger charge is -2.21. The van der Waals surface area contributed by atoms with E-state index in [9.17, 15) is 13.2 Å². The fourth-order valence-corrected chi connectivity index (χ4v) is 1.81. The Morgan fingerprint density at radius 3 is 2.50 bits per heavy atom. The Kier molecular flexibility index (Phi) is 7.29. The lowest BCUT2D eigenvalue weighted by molar-refractivity contribution is -0.129. The van der Waals surface area contributed by atoms with Gasteiger partial charge in [0.25, 0.3) is 0 Å². The number of amidine groups is 1. The van der Waals surface area contributed by atoms with Crippen molar-refractivity contribution in [3.05, 3.63) is 0 Å². The van der Waals surface area contributed by atoms with Crippen LogP contribution in [0.25, 0.3) is 0 Å². The molecule has 106 valence electrons. The minimum atomic E-state index is -3.38. The summed E-state index contributed by atoms with van der Waals surface area (Å²) in [5.74, 6) is -1.11. The molecule has 1 amide bonds. The highest BCUT2D eigenvalue weighted by molar-refractivity contribution is 7.91. The first-order valence-electron chi connectivity index (χ1n) is 5.21. The van der Waals surface area contributed by atoms with E-state index in [2.05, 4.69) is 5.16 Å². The van der Waals surface area contributed by atoms with Gasteiger partial charge in [0.1, 0.15) is 11.6 Å². The van der Waals surface area contributed by atoms with Gasteiger partial charge in [-0.1, -0.05) is 5.16 Å². The second kappa shape index (κ2) is 7.88. The van der Waals surface area contributed by atoms with Crippen molar-refractivity contribution in [3.63, 3.8) is 0 Å². The highest BCUT2D eigenvalue weighted by Gasteiger charge is 2.18. The zero-order chi connectivity index (χ0) is 14.2. The van der Waals surface area contributed by atoms with Crippen LogP contribution in [0.3, 0.4) is 0 Å². The van der Waals surface area contributed by atoms with E-state index in [0.717, 1.165) is 6.26 Å². The Bertz CT molecular complexity index is 393. The van der Waals surface area contributed by atoms with Gasteiger partial charge < -0.3 is 20.6 Å². The molecule has 18 heavy (non-hydrogen) atoms. The molecule has 0 rings (SSSR count). The van der Waals surface area contributed by atoms with Crippen LogP contribution in [0.4, 0.5) is 0 Å². The number of hydrogen-bond acceptors (Lipinski definition) is 6. The molecule has 0 saturated carbocycles. The molecule has 0 atom stereocenters. The van der Waals surface area contributed by atoms with Gasteiger partial charge in [0.2, 0.25) is 5.91 Å². The molecule has 8 nitrogen and oxygen atoms in total. The molecular formula is C9H19N3O5S. The number of sulfone groups is 1. The quantitative estimate of drug-likeness (QED) is 0.245. The molecule has 0 aliphatic rings. The Balaban J connectivity index is 4.51. The molecule has 0 unspecified atom stereocenters. The molecule has 0 heterocycles. The predicted molar refractivity (Wildman–Crippen MR) is 66.2 cm³/mol. The number of carbonyl (C=O) groups is 1. The molecule has 0 radical (unpaired) electrons. The van der Waals surface area contributed by atoms with Crippen molar-refractivity contribution in [1.82, 2.24) is 4.90 Å². The van der Waals surface area contributed by atoms with Crippen LogP contribution in [0, 0.1) is 0 Å². The van der Waals surface area contributed by atoms with E-state index in [-0.39, 0.29) is 32.0 Å². The number of nitrogens with two attached hydrogens (primary N) is 1. The maximum Gasteiger partial charge on any atom is 0.237 e. The SMILES string of the molecule is COCCN(CCC(N)=NO)C(=O)CS(C)(=O)=O. The van der Waals surface area contributed by atoms with E-state index in [0.29, 0.717) is 0 Å². The average Bonchev–Trinajstić information content (AvgIpc) is 2.26. The van der Waals surface area contributed by atoms with Crippen LogP contribution in [0.5, 0.6) is 0 Å². The van der Waals surface area contributed by atoms with Crippen LogP contribution >= 0.6 is 0 Å². The van der Waals surface area contributed by atoms with Crippen LogP contribution in [0.1, 0.15) is 6.42 Å². The third-order valence-corrected chi connectivity index (χ3v) is 2.84. The van der Waals surface area contributed by atoms with Crippen molar-refractivity contribution in [2.45, 2.75) is 6.42 Å². The molecule has 0 aliphatic carbocycles. The second-order valence-electron chi connectivity index (χ2n) is 3.79. The van der Waals surface area contributed by atoms with Crippen molar-refractivity contribution in [2.24, 2.45) is 10.9 Å². The molecule has 0 aliphatic heterocycles. The molecule has 0 aromatic heterocycles. The highest BCUT2D eigenvalue weighted by atomic mass is 32.2. The minimum absolute atomic E-state index is 0.0235. The third-order valence-electron chi connectivity index (χ3n) is 2.07. The van der Waals surface area contributed by atoms with E-state index in [1.165, 1.54) is 12.0 Å². The highest BCUT2D eigenvalue weighted by Crippen LogP contribution is 1.97. The molecule has 3 N–H and O–H groups in total. The molecule has 0 fully saturated rings. The van der Waals surface area contributed by atoms with Crippen LogP contribution < -0.4 is 5.73 Å². The summed E-state index contributed by atoms with van der Waals surface area (Å²) < 4.78 is 26.9. The number of carbonyl (C=O) groups excluding carboxylic acids is 1. The maximum absolute atomic E-state index is 11.7. The van der Waals surface area contributed by atoms with Gasteiger partial charge in [0, 0.05) is 32.9 Å². The average molecular weight is 281 g/mol. The number of amides is 1. The lowest BCUT2D eigenvalue weighted by Crippen LogP contribution is -2.39. The second-order valence-corrected chi connectivity index (χ2v) is 5.93. The van der Waals surface area contributed by atoms with Gasteiger partial charge in [-0.2, -0.15) is 0 Å². The van der Waals surface area contributed by atoms with Gasteiger partial charge in [-0.25, -0.2) is 8.42 Å².